The third-order valence-corrected chi connectivity index (χ3v) is 8.82. The molecule has 0 radical (unpaired) electrons. The summed E-state index contributed by atoms with van der Waals surface area (Å²) in [4.78, 5) is 37.8. The van der Waals surface area contributed by atoms with Crippen molar-refractivity contribution in [3.63, 3.8) is 0 Å². The predicted molar refractivity (Wildman–Crippen MR) is 146 cm³/mol. The van der Waals surface area contributed by atoms with Crippen molar-refractivity contribution in [2.45, 2.75) is 44.9 Å². The fourth-order valence-electron chi connectivity index (χ4n) is 6.61. The minimum atomic E-state index is -3.09. The normalized spacial score (nSPS) is 20.8. The maximum atomic E-state index is 13.7. The molecule has 0 unspecified atom stereocenters. The minimum Gasteiger partial charge on any atom is -0.465 e. The van der Waals surface area contributed by atoms with Gasteiger partial charge in [0.05, 0.1) is 17.3 Å². The Bertz CT molecular complexity index is 1680. The van der Waals surface area contributed by atoms with Gasteiger partial charge in [-0.2, -0.15) is 8.78 Å². The summed E-state index contributed by atoms with van der Waals surface area (Å²) in [5, 5.41) is 10.6. The highest BCUT2D eigenvalue weighted by molar-refractivity contribution is 6.00. The molecule has 3 fully saturated rings. The van der Waals surface area contributed by atoms with Gasteiger partial charge in [0, 0.05) is 50.4 Å². The molecule has 7 rings (SSSR count). The van der Waals surface area contributed by atoms with Crippen molar-refractivity contribution in [3.05, 3.63) is 42.1 Å². The highest BCUT2D eigenvalue weighted by Crippen LogP contribution is 2.38. The van der Waals surface area contributed by atoms with Crippen molar-refractivity contribution >= 4 is 34.1 Å². The molecule has 2 amide bonds. The summed E-state index contributed by atoms with van der Waals surface area (Å²) in [6.45, 7) is -1.12. The lowest BCUT2D eigenvalue weighted by Crippen LogP contribution is -2.51. The van der Waals surface area contributed by atoms with E-state index in [1.807, 2.05) is 18.2 Å². The molecular formula is C29H30F2N6O4. The van der Waals surface area contributed by atoms with Gasteiger partial charge < -0.3 is 28.8 Å². The van der Waals surface area contributed by atoms with Crippen molar-refractivity contribution < 1.29 is 28.2 Å². The monoisotopic (exact) mass is 564 g/mol. The molecule has 214 valence electrons. The molecule has 2 saturated heterocycles. The van der Waals surface area contributed by atoms with Gasteiger partial charge in [-0.3, -0.25) is 4.79 Å². The van der Waals surface area contributed by atoms with E-state index in [0.717, 1.165) is 42.5 Å². The summed E-state index contributed by atoms with van der Waals surface area (Å²) in [6.07, 6.45) is 4.53. The van der Waals surface area contributed by atoms with E-state index in [-0.39, 0.29) is 35.7 Å². The second kappa shape index (κ2) is 9.71. The van der Waals surface area contributed by atoms with Crippen LogP contribution in [-0.2, 0) is 13.6 Å². The second-order valence-corrected chi connectivity index (χ2v) is 11.3. The van der Waals surface area contributed by atoms with Crippen LogP contribution in [0.5, 0.6) is 5.75 Å². The number of ether oxygens (including phenoxy) is 1. The van der Waals surface area contributed by atoms with Crippen LogP contribution < -0.4 is 4.74 Å². The number of rotatable bonds is 6. The topological polar surface area (TPSA) is 106 Å². The van der Waals surface area contributed by atoms with E-state index in [4.69, 9.17) is 9.72 Å². The summed E-state index contributed by atoms with van der Waals surface area (Å²) in [6, 6.07) is 8.55. The molecule has 41 heavy (non-hydrogen) atoms. The van der Waals surface area contributed by atoms with Crippen molar-refractivity contribution in [1.29, 1.82) is 0 Å². The van der Waals surface area contributed by atoms with Crippen LogP contribution in [0.4, 0.5) is 13.6 Å². The van der Waals surface area contributed by atoms with E-state index in [1.54, 1.807) is 28.8 Å². The number of pyridine rings is 1. The van der Waals surface area contributed by atoms with Crippen LogP contribution in [0.3, 0.4) is 0 Å². The fraction of sp³-hybridized carbons (Fsp3) is 0.448. The Morgan fingerprint density at radius 2 is 1.95 bits per heavy atom. The molecule has 1 aromatic carbocycles. The first-order valence-electron chi connectivity index (χ1n) is 14.0. The maximum Gasteiger partial charge on any atom is 0.407 e. The van der Waals surface area contributed by atoms with Crippen molar-refractivity contribution in [2.75, 3.05) is 19.6 Å². The fourth-order valence-corrected chi connectivity index (χ4v) is 6.61. The number of carbonyl (C=O) groups excluding carboxylic acids is 1. The van der Waals surface area contributed by atoms with E-state index in [0.29, 0.717) is 42.3 Å². The first-order valence-corrected chi connectivity index (χ1v) is 14.0. The van der Waals surface area contributed by atoms with Gasteiger partial charge in [-0.05, 0) is 67.9 Å². The number of alkyl halides is 2. The lowest BCUT2D eigenvalue weighted by molar-refractivity contribution is -0.0490. The predicted octanol–water partition coefficient (Wildman–Crippen LogP) is 4.82. The quantitative estimate of drug-likeness (QED) is 0.360. The Morgan fingerprint density at radius 3 is 2.71 bits per heavy atom. The van der Waals surface area contributed by atoms with Crippen LogP contribution in [0.25, 0.3) is 33.6 Å². The lowest BCUT2D eigenvalue weighted by Gasteiger charge is -2.37. The van der Waals surface area contributed by atoms with Crippen LogP contribution in [0, 0.1) is 11.8 Å². The highest BCUT2D eigenvalue weighted by Gasteiger charge is 2.42. The van der Waals surface area contributed by atoms with E-state index in [1.165, 1.54) is 11.0 Å². The number of nitrogens with zero attached hydrogens (tertiary/aromatic N) is 6. The number of aromatic nitrogens is 4. The molecule has 1 saturated carbocycles. The largest absolute Gasteiger partial charge is 0.465 e. The number of carbonyl (C=O) groups is 2. The van der Waals surface area contributed by atoms with Gasteiger partial charge in [-0.25, -0.2) is 14.8 Å². The Balaban J connectivity index is 1.29. The highest BCUT2D eigenvalue weighted by atomic mass is 19.3. The van der Waals surface area contributed by atoms with Crippen molar-refractivity contribution in [1.82, 2.24) is 28.9 Å². The van der Waals surface area contributed by atoms with Gasteiger partial charge in [0.2, 0.25) is 0 Å². The number of halogens is 2. The molecular weight excluding hydrogens is 534 g/mol. The number of carboxylic acid groups (broad SMARTS) is 1. The number of fused-ring (bicyclic) bond motifs is 3. The molecule has 1 aliphatic carbocycles. The van der Waals surface area contributed by atoms with Gasteiger partial charge in [-0.1, -0.05) is 0 Å². The smallest absolute Gasteiger partial charge is 0.407 e. The molecule has 5 heterocycles. The van der Waals surface area contributed by atoms with Crippen LogP contribution in [0.15, 0.2) is 36.5 Å². The zero-order chi connectivity index (χ0) is 28.4. The Labute approximate surface area is 234 Å². The minimum absolute atomic E-state index is 0.131. The summed E-state index contributed by atoms with van der Waals surface area (Å²) in [5.41, 5.74) is 2.56. The molecule has 3 aromatic heterocycles. The van der Waals surface area contributed by atoms with Gasteiger partial charge in [-0.15, -0.1) is 0 Å². The number of hydrogen-bond acceptors (Lipinski definition) is 5. The zero-order valence-corrected chi connectivity index (χ0v) is 22.5. The molecule has 3 aliphatic rings. The summed E-state index contributed by atoms with van der Waals surface area (Å²) >= 11 is 0. The standard InChI is InChI=1S/C29H30F2N6O4/c1-34-24-20(33-26(34)21-12-18-3-2-8-32-25(18)37(21)14-16-4-5-16)11-19(13-23(24)41-28(30)31)27(38)35-9-6-17-7-10-36(29(39)40)22(17)15-35/h2-3,8,11-13,16-17,22,28H,4-7,9-10,14-15H2,1H3,(H,39,40)/t17-,22-/m1/s1. The van der Waals surface area contributed by atoms with Gasteiger partial charge in [0.15, 0.2) is 11.6 Å². The maximum absolute atomic E-state index is 13.7. The molecule has 4 aromatic rings. The molecule has 0 spiro atoms. The third-order valence-electron chi connectivity index (χ3n) is 8.82. The summed E-state index contributed by atoms with van der Waals surface area (Å²) < 4.78 is 36.0. The Kier molecular flexibility index (Phi) is 6.09. The zero-order valence-electron chi connectivity index (χ0n) is 22.5. The third kappa shape index (κ3) is 4.45. The first-order chi connectivity index (χ1) is 19.8. The number of amides is 2. The molecule has 1 N–H and O–H groups in total. The van der Waals surface area contributed by atoms with Gasteiger partial charge >= 0.3 is 12.7 Å². The molecule has 10 nitrogen and oxygen atoms in total. The van der Waals surface area contributed by atoms with E-state index in [2.05, 4.69) is 9.55 Å². The molecule has 12 heteroatoms. The summed E-state index contributed by atoms with van der Waals surface area (Å²) in [5.74, 6) is 0.842. The SMILES string of the molecule is Cn1c(-c2cc3cccnc3n2CC2CC2)nc2cc(C(=O)N3CC[C@@H]4CCN(C(=O)O)[C@@H]4C3)cc(OC(F)F)c21. The lowest BCUT2D eigenvalue weighted by atomic mass is 9.92. The van der Waals surface area contributed by atoms with Crippen LogP contribution in [0.1, 0.15) is 36.0 Å². The first kappa shape index (κ1) is 25.7. The average Bonchev–Trinajstić information content (AvgIpc) is 3.40. The Morgan fingerprint density at radius 1 is 1.15 bits per heavy atom. The van der Waals surface area contributed by atoms with Crippen molar-refractivity contribution in [3.8, 4) is 17.3 Å². The number of hydrogen-bond donors (Lipinski definition) is 1. The van der Waals surface area contributed by atoms with Crippen LogP contribution in [0.2, 0.25) is 0 Å². The number of imidazole rings is 1. The van der Waals surface area contributed by atoms with E-state index < -0.39 is 12.7 Å². The average molecular weight is 565 g/mol. The van der Waals surface area contributed by atoms with E-state index in [9.17, 15) is 23.5 Å². The number of likely N-dealkylation sites (tertiary alicyclic amines) is 2. The Hall–Kier alpha value is -4.22. The molecule has 2 atom stereocenters. The number of aryl methyl sites for hydroxylation is 1. The van der Waals surface area contributed by atoms with Gasteiger partial charge in [0.25, 0.3) is 5.91 Å². The van der Waals surface area contributed by atoms with E-state index >= 15 is 0 Å². The van der Waals surface area contributed by atoms with Crippen molar-refractivity contribution in [2.24, 2.45) is 18.9 Å². The number of benzene rings is 1. The summed E-state index contributed by atoms with van der Waals surface area (Å²) in [7, 11) is 1.75. The van der Waals surface area contributed by atoms with Crippen LogP contribution in [-0.4, -0.2) is 78.3 Å². The van der Waals surface area contributed by atoms with Gasteiger partial charge in [0.1, 0.15) is 11.2 Å². The molecule has 2 aliphatic heterocycles. The van der Waals surface area contributed by atoms with Crippen LogP contribution >= 0.6 is 0 Å². The number of piperidine rings is 1. The second-order valence-electron chi connectivity index (χ2n) is 11.3. The molecule has 0 bridgehead atoms.